The fourth-order valence-electron chi connectivity index (χ4n) is 3.94. The largest absolute Gasteiger partial charge is 0.332 e. The molecular weight excluding hydrogens is 424 g/mol. The van der Waals surface area contributed by atoms with Crippen LogP contribution >= 0.6 is 0 Å². The quantitative estimate of drug-likeness (QED) is 0.418. The Morgan fingerprint density at radius 3 is 2.68 bits per heavy atom. The van der Waals surface area contributed by atoms with Crippen molar-refractivity contribution in [2.24, 2.45) is 0 Å². The molecule has 8 nitrogen and oxygen atoms in total. The fraction of sp³-hybridized carbons (Fsp3) is 0.0769. The molecular formula is C26H16N8. The van der Waals surface area contributed by atoms with Gasteiger partial charge in [-0.15, -0.1) is 0 Å². The molecule has 160 valence electrons. The van der Waals surface area contributed by atoms with Crippen molar-refractivity contribution in [2.75, 3.05) is 4.90 Å². The number of fused-ring (bicyclic) bond motifs is 2. The monoisotopic (exact) mass is 440 g/mol. The van der Waals surface area contributed by atoms with Crippen molar-refractivity contribution in [2.45, 2.75) is 13.1 Å². The number of nitrogens with zero attached hydrogens (tertiary/aromatic N) is 7. The summed E-state index contributed by atoms with van der Waals surface area (Å²) in [7, 11) is 0. The summed E-state index contributed by atoms with van der Waals surface area (Å²) in [6.07, 6.45) is 5.17. The van der Waals surface area contributed by atoms with Crippen molar-refractivity contribution in [3.8, 4) is 29.4 Å². The molecule has 34 heavy (non-hydrogen) atoms. The third-order valence-corrected chi connectivity index (χ3v) is 5.64. The van der Waals surface area contributed by atoms with Gasteiger partial charge in [-0.25, -0.2) is 19.9 Å². The smallest absolute Gasteiger partial charge is 0.226 e. The highest BCUT2D eigenvalue weighted by molar-refractivity contribution is 5.79. The highest BCUT2D eigenvalue weighted by Gasteiger charge is 2.22. The van der Waals surface area contributed by atoms with Crippen molar-refractivity contribution in [3.05, 3.63) is 95.1 Å². The molecule has 1 aliphatic rings. The molecule has 0 bridgehead atoms. The molecule has 0 saturated carbocycles. The number of aromatic amines is 1. The lowest BCUT2D eigenvalue weighted by atomic mass is 10.1. The SMILES string of the molecule is N#Cc1ccc2c(c1)CN(c1nccc(-c3nccc(C#Cc4ccc5[nH]ncc5c4)n3)n1)C2. The van der Waals surface area contributed by atoms with Crippen molar-refractivity contribution in [1.82, 2.24) is 30.1 Å². The van der Waals surface area contributed by atoms with Gasteiger partial charge in [0, 0.05) is 36.4 Å². The number of hydrogen-bond donors (Lipinski definition) is 1. The topological polar surface area (TPSA) is 107 Å². The summed E-state index contributed by atoms with van der Waals surface area (Å²) in [6.45, 7) is 1.35. The van der Waals surface area contributed by atoms with Gasteiger partial charge in [-0.05, 0) is 59.5 Å². The Bertz CT molecular complexity index is 1650. The number of nitrogens with one attached hydrogen (secondary N) is 1. The maximum atomic E-state index is 9.16. The van der Waals surface area contributed by atoms with Crippen molar-refractivity contribution in [1.29, 1.82) is 5.26 Å². The first-order valence-corrected chi connectivity index (χ1v) is 10.6. The van der Waals surface area contributed by atoms with E-state index in [1.165, 1.54) is 5.56 Å². The third kappa shape index (κ3) is 3.70. The average Bonchev–Trinajstić information content (AvgIpc) is 3.54. The lowest BCUT2D eigenvalue weighted by Crippen LogP contribution is -2.17. The Morgan fingerprint density at radius 2 is 1.74 bits per heavy atom. The molecule has 1 N–H and O–H groups in total. The number of hydrogen-bond acceptors (Lipinski definition) is 7. The highest BCUT2D eigenvalue weighted by Crippen LogP contribution is 2.27. The second kappa shape index (κ2) is 8.12. The number of nitriles is 1. The molecule has 0 aliphatic carbocycles. The maximum absolute atomic E-state index is 9.16. The minimum Gasteiger partial charge on any atom is -0.332 e. The van der Waals surface area contributed by atoms with E-state index in [4.69, 9.17) is 10.2 Å². The van der Waals surface area contributed by atoms with Crippen LogP contribution in [0.3, 0.4) is 0 Å². The van der Waals surface area contributed by atoms with Crippen LogP contribution in [0.25, 0.3) is 22.4 Å². The lowest BCUT2D eigenvalue weighted by Gasteiger charge is -2.15. The number of rotatable bonds is 2. The molecule has 3 aromatic heterocycles. The van der Waals surface area contributed by atoms with E-state index in [1.807, 2.05) is 36.4 Å². The van der Waals surface area contributed by atoms with E-state index >= 15 is 0 Å². The number of benzene rings is 2. The van der Waals surface area contributed by atoms with Crippen LogP contribution < -0.4 is 4.90 Å². The van der Waals surface area contributed by atoms with Crippen LogP contribution in [0, 0.1) is 23.2 Å². The fourth-order valence-corrected chi connectivity index (χ4v) is 3.94. The molecule has 1 aliphatic heterocycles. The molecule has 0 fully saturated rings. The van der Waals surface area contributed by atoms with Crippen LogP contribution in [-0.2, 0) is 13.1 Å². The summed E-state index contributed by atoms with van der Waals surface area (Å²) in [4.78, 5) is 20.2. The minimum absolute atomic E-state index is 0.490. The predicted molar refractivity (Wildman–Crippen MR) is 126 cm³/mol. The molecule has 0 saturated heterocycles. The van der Waals surface area contributed by atoms with Crippen LogP contribution in [-0.4, -0.2) is 30.1 Å². The van der Waals surface area contributed by atoms with E-state index in [0.717, 1.165) is 22.0 Å². The Hall–Kier alpha value is -5.08. The van der Waals surface area contributed by atoms with E-state index in [-0.39, 0.29) is 0 Å². The summed E-state index contributed by atoms with van der Waals surface area (Å²) in [5.74, 6) is 7.35. The first-order valence-electron chi connectivity index (χ1n) is 10.6. The van der Waals surface area contributed by atoms with Gasteiger partial charge < -0.3 is 4.90 Å². The first-order chi connectivity index (χ1) is 16.7. The standard InChI is InChI=1S/C26H16N8/c27-13-18-1-4-19-15-34(16-21(19)12-18)26-29-10-8-24(32-26)25-28-9-7-22(31-25)5-2-17-3-6-23-20(11-17)14-30-33-23/h1,3-4,6-12,14H,15-16H2,(H,30,33). The zero-order chi connectivity index (χ0) is 22.9. The van der Waals surface area contributed by atoms with Crippen molar-refractivity contribution >= 4 is 16.9 Å². The van der Waals surface area contributed by atoms with Crippen molar-refractivity contribution < 1.29 is 0 Å². The molecule has 0 amide bonds. The van der Waals surface area contributed by atoms with Crippen molar-refractivity contribution in [3.63, 3.8) is 0 Å². The van der Waals surface area contributed by atoms with Crippen LogP contribution in [0.2, 0.25) is 0 Å². The van der Waals surface area contributed by atoms with Gasteiger partial charge in [-0.1, -0.05) is 12.0 Å². The summed E-state index contributed by atoms with van der Waals surface area (Å²) in [5.41, 5.74) is 6.04. The molecule has 0 atom stereocenters. The van der Waals surface area contributed by atoms with Gasteiger partial charge in [-0.3, -0.25) is 5.10 Å². The second-order valence-electron chi connectivity index (χ2n) is 7.88. The minimum atomic E-state index is 0.490. The zero-order valence-electron chi connectivity index (χ0n) is 17.9. The molecule has 4 heterocycles. The van der Waals surface area contributed by atoms with Gasteiger partial charge in [0.2, 0.25) is 5.95 Å². The molecule has 0 spiro atoms. The normalized spacial score (nSPS) is 12.1. The summed E-state index contributed by atoms with van der Waals surface area (Å²) >= 11 is 0. The van der Waals surface area contributed by atoms with Crippen LogP contribution in [0.5, 0.6) is 0 Å². The second-order valence-corrected chi connectivity index (χ2v) is 7.88. The Balaban J connectivity index is 1.26. The molecule has 0 unspecified atom stereocenters. The van der Waals surface area contributed by atoms with E-state index in [0.29, 0.717) is 41.8 Å². The van der Waals surface area contributed by atoms with Crippen LogP contribution in [0.15, 0.2) is 67.1 Å². The van der Waals surface area contributed by atoms with Crippen LogP contribution in [0.1, 0.15) is 27.9 Å². The summed E-state index contributed by atoms with van der Waals surface area (Å²) < 4.78 is 0. The van der Waals surface area contributed by atoms with Gasteiger partial charge >= 0.3 is 0 Å². The van der Waals surface area contributed by atoms with Gasteiger partial charge in [0.05, 0.1) is 23.3 Å². The third-order valence-electron chi connectivity index (χ3n) is 5.64. The predicted octanol–water partition coefficient (Wildman–Crippen LogP) is 3.60. The van der Waals surface area contributed by atoms with Gasteiger partial charge in [-0.2, -0.15) is 10.4 Å². The number of H-pyrrole nitrogens is 1. The average molecular weight is 440 g/mol. The van der Waals surface area contributed by atoms with Crippen LogP contribution in [0.4, 0.5) is 5.95 Å². The Kier molecular flexibility index (Phi) is 4.68. The molecule has 5 aromatic rings. The zero-order valence-corrected chi connectivity index (χ0v) is 17.9. The van der Waals surface area contributed by atoms with E-state index in [9.17, 15) is 0 Å². The lowest BCUT2D eigenvalue weighted by molar-refractivity contribution is 0.828. The first kappa shape index (κ1) is 19.6. The molecule has 2 aromatic carbocycles. The Morgan fingerprint density at radius 1 is 0.853 bits per heavy atom. The Labute approximate surface area is 195 Å². The van der Waals surface area contributed by atoms with Gasteiger partial charge in [0.25, 0.3) is 0 Å². The van der Waals surface area contributed by atoms with Gasteiger partial charge in [0.1, 0.15) is 11.4 Å². The maximum Gasteiger partial charge on any atom is 0.226 e. The summed E-state index contributed by atoms with van der Waals surface area (Å²) in [6, 6.07) is 17.4. The molecule has 0 radical (unpaired) electrons. The molecule has 8 heteroatoms. The number of anilines is 1. The summed E-state index contributed by atoms with van der Waals surface area (Å²) in [5, 5.41) is 17.1. The van der Waals surface area contributed by atoms with E-state index in [2.05, 4.69) is 48.0 Å². The van der Waals surface area contributed by atoms with Gasteiger partial charge in [0.15, 0.2) is 5.82 Å². The highest BCUT2D eigenvalue weighted by atomic mass is 15.3. The van der Waals surface area contributed by atoms with E-state index < -0.39 is 0 Å². The molecule has 6 rings (SSSR count). The van der Waals surface area contributed by atoms with E-state index in [1.54, 1.807) is 30.7 Å². The number of aromatic nitrogens is 6.